The van der Waals surface area contributed by atoms with Gasteiger partial charge in [-0.05, 0) is 42.8 Å². The topological polar surface area (TPSA) is 102 Å². The van der Waals surface area contributed by atoms with Gasteiger partial charge in [0.1, 0.15) is 0 Å². The van der Waals surface area contributed by atoms with Gasteiger partial charge in [0.05, 0.1) is 15.2 Å². The predicted octanol–water partition coefficient (Wildman–Crippen LogP) is 2.05. The number of carbonyl (C=O) groups excluding carboxylic acids is 1. The highest BCUT2D eigenvalue weighted by atomic mass is 35.5. The number of nitrogens with one attached hydrogen (secondary N) is 1. The molecule has 0 aliphatic heterocycles. The third-order valence-electron chi connectivity index (χ3n) is 3.04. The summed E-state index contributed by atoms with van der Waals surface area (Å²) in [5.41, 5.74) is 5.38. The van der Waals surface area contributed by atoms with Crippen molar-refractivity contribution in [3.8, 4) is 0 Å². The second kappa shape index (κ2) is 8.48. The van der Waals surface area contributed by atoms with Gasteiger partial charge in [0.25, 0.3) is 0 Å². The van der Waals surface area contributed by atoms with Crippen molar-refractivity contribution in [2.45, 2.75) is 21.6 Å². The van der Waals surface area contributed by atoms with Gasteiger partial charge in [0.2, 0.25) is 15.9 Å². The normalized spacial score (nSPS) is 12.7. The van der Waals surface area contributed by atoms with Crippen molar-refractivity contribution < 1.29 is 13.2 Å². The zero-order chi connectivity index (χ0) is 17.6. The van der Waals surface area contributed by atoms with E-state index in [0.717, 1.165) is 0 Å². The molecular weight excluding hydrogens is 370 g/mol. The number of rotatable bonds is 8. The number of primary amides is 1. The Morgan fingerprint density at radius 3 is 2.54 bits per heavy atom. The molecule has 0 saturated carbocycles. The lowest BCUT2D eigenvalue weighted by Crippen LogP contribution is -2.32. The van der Waals surface area contributed by atoms with E-state index in [-0.39, 0.29) is 17.9 Å². The smallest absolute Gasteiger partial charge is 0.240 e. The number of nitrogens with zero attached hydrogens (tertiary/aromatic N) is 1. The number of thioether (sulfide) groups is 1. The largest absolute Gasteiger partial charge is 0.369 e. The SMILES string of the molecule is NC(=O)C(CCNS(=O)(=O)c1ccc(Cl)cc1)Sc1ccccn1. The van der Waals surface area contributed by atoms with Crippen molar-refractivity contribution in [2.24, 2.45) is 5.73 Å². The number of pyridine rings is 1. The first kappa shape index (κ1) is 18.7. The molecule has 0 aliphatic rings. The Kier molecular flexibility index (Phi) is 6.61. The zero-order valence-electron chi connectivity index (χ0n) is 12.6. The van der Waals surface area contributed by atoms with E-state index in [2.05, 4.69) is 9.71 Å². The van der Waals surface area contributed by atoms with Crippen LogP contribution in [-0.2, 0) is 14.8 Å². The molecule has 0 bridgehead atoms. The minimum Gasteiger partial charge on any atom is -0.369 e. The van der Waals surface area contributed by atoms with E-state index in [0.29, 0.717) is 10.0 Å². The number of aromatic nitrogens is 1. The summed E-state index contributed by atoms with van der Waals surface area (Å²) in [5, 5.41) is 0.532. The molecule has 1 atom stereocenters. The number of halogens is 1. The molecule has 9 heteroatoms. The Labute approximate surface area is 149 Å². The number of carbonyl (C=O) groups is 1. The highest BCUT2D eigenvalue weighted by Gasteiger charge is 2.19. The Hall–Kier alpha value is -1.61. The van der Waals surface area contributed by atoms with Crippen molar-refractivity contribution in [3.63, 3.8) is 0 Å². The molecule has 1 heterocycles. The van der Waals surface area contributed by atoms with Crippen LogP contribution < -0.4 is 10.5 Å². The lowest BCUT2D eigenvalue weighted by molar-refractivity contribution is -0.117. The predicted molar refractivity (Wildman–Crippen MR) is 94.3 cm³/mol. The summed E-state index contributed by atoms with van der Waals surface area (Å²) < 4.78 is 26.8. The maximum absolute atomic E-state index is 12.2. The van der Waals surface area contributed by atoms with Crippen molar-refractivity contribution in [1.82, 2.24) is 9.71 Å². The van der Waals surface area contributed by atoms with Crippen LogP contribution in [-0.4, -0.2) is 31.1 Å². The lowest BCUT2D eigenvalue weighted by atomic mass is 10.3. The third kappa shape index (κ3) is 5.48. The number of benzene rings is 1. The average Bonchev–Trinajstić information content (AvgIpc) is 2.55. The fourth-order valence-electron chi connectivity index (χ4n) is 1.84. The number of amides is 1. The molecule has 1 amide bonds. The highest BCUT2D eigenvalue weighted by molar-refractivity contribution is 8.00. The first-order chi connectivity index (χ1) is 11.4. The van der Waals surface area contributed by atoms with Gasteiger partial charge in [-0.1, -0.05) is 29.4 Å². The highest BCUT2D eigenvalue weighted by Crippen LogP contribution is 2.23. The van der Waals surface area contributed by atoms with Gasteiger partial charge in [-0.3, -0.25) is 4.79 Å². The molecule has 2 aromatic rings. The number of nitrogens with two attached hydrogens (primary N) is 1. The maximum atomic E-state index is 12.2. The van der Waals surface area contributed by atoms with Gasteiger partial charge in [0, 0.05) is 17.8 Å². The van der Waals surface area contributed by atoms with Crippen molar-refractivity contribution >= 4 is 39.3 Å². The molecule has 0 saturated heterocycles. The van der Waals surface area contributed by atoms with Gasteiger partial charge < -0.3 is 5.73 Å². The summed E-state index contributed by atoms with van der Waals surface area (Å²) in [6.07, 6.45) is 1.87. The molecule has 128 valence electrons. The van der Waals surface area contributed by atoms with Crippen molar-refractivity contribution in [3.05, 3.63) is 53.7 Å². The summed E-state index contributed by atoms with van der Waals surface area (Å²) in [6, 6.07) is 11.2. The summed E-state index contributed by atoms with van der Waals surface area (Å²) >= 11 is 6.95. The van der Waals surface area contributed by atoms with Gasteiger partial charge >= 0.3 is 0 Å². The first-order valence-electron chi connectivity index (χ1n) is 7.01. The summed E-state index contributed by atoms with van der Waals surface area (Å²) in [7, 11) is -3.66. The Balaban J connectivity index is 1.95. The zero-order valence-corrected chi connectivity index (χ0v) is 14.9. The Morgan fingerprint density at radius 1 is 1.25 bits per heavy atom. The summed E-state index contributed by atoms with van der Waals surface area (Å²) in [6.45, 7) is 0.0817. The molecule has 3 N–H and O–H groups in total. The molecule has 0 radical (unpaired) electrons. The van der Waals surface area contributed by atoms with Crippen LogP contribution in [0.5, 0.6) is 0 Å². The monoisotopic (exact) mass is 385 g/mol. The third-order valence-corrected chi connectivity index (χ3v) is 6.01. The quantitative estimate of drug-likeness (QED) is 0.677. The van der Waals surface area contributed by atoms with Gasteiger partial charge in [-0.25, -0.2) is 18.1 Å². The molecule has 0 aliphatic carbocycles. The molecular formula is C15H16ClN3O3S2. The van der Waals surface area contributed by atoms with Gasteiger partial charge in [-0.2, -0.15) is 0 Å². The lowest BCUT2D eigenvalue weighted by Gasteiger charge is -2.13. The van der Waals surface area contributed by atoms with Gasteiger partial charge in [0.15, 0.2) is 0 Å². The molecule has 1 aromatic carbocycles. The second-order valence-corrected chi connectivity index (χ2v) is 8.24. The first-order valence-corrected chi connectivity index (χ1v) is 9.75. The van der Waals surface area contributed by atoms with Crippen LogP contribution in [0.1, 0.15) is 6.42 Å². The van der Waals surface area contributed by atoms with E-state index in [1.807, 2.05) is 0 Å². The van der Waals surface area contributed by atoms with Crippen LogP contribution in [0.2, 0.25) is 5.02 Å². The summed E-state index contributed by atoms with van der Waals surface area (Å²) in [5.74, 6) is -0.517. The van der Waals surface area contributed by atoms with Crippen molar-refractivity contribution in [2.75, 3.05) is 6.54 Å². The molecule has 1 aromatic heterocycles. The second-order valence-electron chi connectivity index (χ2n) is 4.82. The molecule has 0 spiro atoms. The van der Waals surface area contributed by atoms with E-state index in [1.54, 1.807) is 24.4 Å². The molecule has 6 nitrogen and oxygen atoms in total. The minimum atomic E-state index is -3.66. The molecule has 1 unspecified atom stereocenters. The van der Waals surface area contributed by atoms with E-state index < -0.39 is 21.2 Å². The van der Waals surface area contributed by atoms with E-state index in [9.17, 15) is 13.2 Å². The standard InChI is InChI=1S/C15H16ClN3O3S2/c16-11-4-6-12(7-5-11)24(21,22)19-10-8-13(15(17)20)23-14-3-1-2-9-18-14/h1-7,9,13,19H,8,10H2,(H2,17,20). The number of hydrogen-bond donors (Lipinski definition) is 2. The minimum absolute atomic E-state index is 0.0817. The van der Waals surface area contributed by atoms with E-state index >= 15 is 0 Å². The molecule has 0 fully saturated rings. The molecule has 2 rings (SSSR count). The van der Waals surface area contributed by atoms with Crippen molar-refractivity contribution in [1.29, 1.82) is 0 Å². The van der Waals surface area contributed by atoms with Gasteiger partial charge in [-0.15, -0.1) is 0 Å². The number of sulfonamides is 1. The fourth-order valence-corrected chi connectivity index (χ4v) is 3.94. The van der Waals surface area contributed by atoms with Crippen LogP contribution in [0.4, 0.5) is 0 Å². The van der Waals surface area contributed by atoms with Crippen LogP contribution >= 0.6 is 23.4 Å². The van der Waals surface area contributed by atoms with E-state index in [1.165, 1.54) is 36.0 Å². The average molecular weight is 386 g/mol. The molecule has 24 heavy (non-hydrogen) atoms. The van der Waals surface area contributed by atoms with E-state index in [4.69, 9.17) is 17.3 Å². The maximum Gasteiger partial charge on any atom is 0.240 e. The summed E-state index contributed by atoms with van der Waals surface area (Å²) in [4.78, 5) is 15.8. The Bertz CT molecular complexity index is 783. The van der Waals surface area contributed by atoms with Crippen LogP contribution in [0.15, 0.2) is 58.6 Å². The fraction of sp³-hybridized carbons (Fsp3) is 0.200. The number of hydrogen-bond acceptors (Lipinski definition) is 5. The van der Waals surface area contributed by atoms with Crippen LogP contribution in [0.25, 0.3) is 0 Å². The Morgan fingerprint density at radius 2 is 1.96 bits per heavy atom. The van der Waals surface area contributed by atoms with Crippen LogP contribution in [0.3, 0.4) is 0 Å². The van der Waals surface area contributed by atoms with Crippen LogP contribution in [0, 0.1) is 0 Å².